The van der Waals surface area contributed by atoms with Crippen molar-refractivity contribution in [3.8, 4) is 0 Å². The normalized spacial score (nSPS) is 27.3. The van der Waals surface area contributed by atoms with Crippen LogP contribution in [0.1, 0.15) is 12.0 Å². The van der Waals surface area contributed by atoms with Gasteiger partial charge in [0.1, 0.15) is 0 Å². The van der Waals surface area contributed by atoms with Crippen molar-refractivity contribution in [3.63, 3.8) is 0 Å². The second-order valence-electron chi connectivity index (χ2n) is 5.73. The van der Waals surface area contributed by atoms with Gasteiger partial charge in [0.05, 0.1) is 0 Å². The van der Waals surface area contributed by atoms with Crippen LogP contribution in [0.4, 0.5) is 4.79 Å². The number of carbonyl (C=O) groups is 1. The van der Waals surface area contributed by atoms with Gasteiger partial charge in [-0.2, -0.15) is 0 Å². The van der Waals surface area contributed by atoms with Crippen LogP contribution >= 0.6 is 35.6 Å². The summed E-state index contributed by atoms with van der Waals surface area (Å²) in [6.45, 7) is 2.13. The number of nitrogens with zero attached hydrogens (tertiary/aromatic N) is 1. The van der Waals surface area contributed by atoms with Crippen LogP contribution in [-0.2, 0) is 6.42 Å². The smallest absolute Gasteiger partial charge is 0.407 e. The van der Waals surface area contributed by atoms with Crippen molar-refractivity contribution in [2.75, 3.05) is 19.6 Å². The van der Waals surface area contributed by atoms with Gasteiger partial charge in [-0.25, -0.2) is 4.79 Å². The van der Waals surface area contributed by atoms with Crippen LogP contribution in [0.2, 0.25) is 10.0 Å². The highest BCUT2D eigenvalue weighted by molar-refractivity contribution is 6.34. The number of rotatable bonds is 2. The molecule has 1 aromatic rings. The first kappa shape index (κ1) is 16.7. The third kappa shape index (κ3) is 3.24. The van der Waals surface area contributed by atoms with Crippen molar-refractivity contribution in [1.29, 1.82) is 0 Å². The molecular formula is C14H17Cl3N2O2. The Morgan fingerprint density at radius 1 is 1.38 bits per heavy atom. The summed E-state index contributed by atoms with van der Waals surface area (Å²) >= 11 is 12.0. The van der Waals surface area contributed by atoms with E-state index in [-0.39, 0.29) is 17.8 Å². The van der Waals surface area contributed by atoms with Crippen LogP contribution in [0.15, 0.2) is 18.2 Å². The Morgan fingerprint density at radius 2 is 2.05 bits per heavy atom. The third-order valence-corrected chi connectivity index (χ3v) is 4.89. The first-order chi connectivity index (χ1) is 9.48. The van der Waals surface area contributed by atoms with Gasteiger partial charge in [-0.15, -0.1) is 12.4 Å². The minimum absolute atomic E-state index is 0. The minimum atomic E-state index is -0.821. The van der Waals surface area contributed by atoms with E-state index in [2.05, 4.69) is 5.32 Å². The molecule has 2 atom stereocenters. The van der Waals surface area contributed by atoms with Gasteiger partial charge in [0.15, 0.2) is 0 Å². The summed E-state index contributed by atoms with van der Waals surface area (Å²) in [7, 11) is 0. The number of amides is 1. The van der Waals surface area contributed by atoms with Crippen LogP contribution in [0, 0.1) is 5.41 Å². The van der Waals surface area contributed by atoms with E-state index < -0.39 is 6.09 Å². The Kier molecular flexibility index (Phi) is 4.93. The molecule has 0 radical (unpaired) electrons. The lowest BCUT2D eigenvalue weighted by Crippen LogP contribution is -2.64. The molecule has 2 N–H and O–H groups in total. The molecule has 21 heavy (non-hydrogen) atoms. The van der Waals surface area contributed by atoms with E-state index in [4.69, 9.17) is 28.3 Å². The minimum Gasteiger partial charge on any atom is -0.465 e. The Morgan fingerprint density at radius 3 is 2.52 bits per heavy atom. The monoisotopic (exact) mass is 350 g/mol. The number of hydrogen-bond donors (Lipinski definition) is 2. The molecule has 0 aliphatic carbocycles. The first-order valence-electron chi connectivity index (χ1n) is 6.65. The summed E-state index contributed by atoms with van der Waals surface area (Å²) in [6.07, 6.45) is 0.928. The molecule has 1 amide bonds. The molecule has 2 unspecified atom stereocenters. The summed E-state index contributed by atoms with van der Waals surface area (Å²) in [4.78, 5) is 12.6. The summed E-state index contributed by atoms with van der Waals surface area (Å²) in [5.41, 5.74) is 1.17. The van der Waals surface area contributed by atoms with Crippen molar-refractivity contribution in [2.24, 2.45) is 5.41 Å². The molecule has 2 saturated heterocycles. The van der Waals surface area contributed by atoms with E-state index in [1.165, 1.54) is 4.90 Å². The van der Waals surface area contributed by atoms with Gasteiger partial charge in [0, 0.05) is 41.1 Å². The fraction of sp³-hybridized carbons (Fsp3) is 0.500. The Labute approximate surface area is 139 Å². The number of benzene rings is 1. The van der Waals surface area contributed by atoms with Gasteiger partial charge < -0.3 is 15.3 Å². The van der Waals surface area contributed by atoms with Gasteiger partial charge in [0.25, 0.3) is 0 Å². The molecule has 116 valence electrons. The highest BCUT2D eigenvalue weighted by Gasteiger charge is 2.51. The highest BCUT2D eigenvalue weighted by atomic mass is 35.5. The quantitative estimate of drug-likeness (QED) is 0.859. The zero-order chi connectivity index (χ0) is 14.3. The van der Waals surface area contributed by atoms with E-state index in [1.807, 2.05) is 12.1 Å². The topological polar surface area (TPSA) is 52.6 Å². The van der Waals surface area contributed by atoms with Crippen molar-refractivity contribution >= 4 is 41.7 Å². The number of nitrogens with one attached hydrogen (secondary N) is 1. The molecular weight excluding hydrogens is 335 g/mol. The summed E-state index contributed by atoms with van der Waals surface area (Å²) in [6, 6.07) is 5.86. The Hall–Kier alpha value is -0.680. The van der Waals surface area contributed by atoms with Gasteiger partial charge >= 0.3 is 6.09 Å². The van der Waals surface area contributed by atoms with Crippen molar-refractivity contribution in [3.05, 3.63) is 33.8 Å². The maximum absolute atomic E-state index is 11.1. The summed E-state index contributed by atoms with van der Waals surface area (Å²) < 4.78 is 0. The van der Waals surface area contributed by atoms with Crippen molar-refractivity contribution < 1.29 is 9.90 Å². The zero-order valence-electron chi connectivity index (χ0n) is 11.3. The van der Waals surface area contributed by atoms with Crippen LogP contribution in [0.25, 0.3) is 0 Å². The van der Waals surface area contributed by atoms with Crippen LogP contribution in [0.5, 0.6) is 0 Å². The molecule has 2 heterocycles. The SMILES string of the molecule is Cl.O=C(O)N1CCC2(CNC2Cc2cc(Cl)cc(Cl)c2)C1. The fourth-order valence-electron chi connectivity index (χ4n) is 3.28. The maximum Gasteiger partial charge on any atom is 0.407 e. The number of likely N-dealkylation sites (tertiary alicyclic amines) is 1. The molecule has 0 bridgehead atoms. The molecule has 1 aromatic carbocycles. The van der Waals surface area contributed by atoms with Gasteiger partial charge in [-0.05, 0) is 36.6 Å². The van der Waals surface area contributed by atoms with E-state index in [0.29, 0.717) is 29.2 Å². The molecule has 2 fully saturated rings. The lowest BCUT2D eigenvalue weighted by molar-refractivity contribution is 0.0858. The van der Waals surface area contributed by atoms with Crippen molar-refractivity contribution in [2.45, 2.75) is 18.9 Å². The number of carboxylic acid groups (broad SMARTS) is 1. The predicted molar refractivity (Wildman–Crippen MR) is 85.9 cm³/mol. The third-order valence-electron chi connectivity index (χ3n) is 4.46. The second-order valence-corrected chi connectivity index (χ2v) is 6.60. The van der Waals surface area contributed by atoms with Crippen LogP contribution < -0.4 is 5.32 Å². The second kappa shape index (κ2) is 6.21. The van der Waals surface area contributed by atoms with E-state index in [9.17, 15) is 4.79 Å². The molecule has 0 aromatic heterocycles. The molecule has 3 rings (SSSR count). The summed E-state index contributed by atoms with van der Waals surface area (Å²) in [5, 5.41) is 13.8. The Balaban J connectivity index is 0.00000161. The zero-order valence-corrected chi connectivity index (χ0v) is 13.6. The lowest BCUT2D eigenvalue weighted by Gasteiger charge is -2.48. The largest absolute Gasteiger partial charge is 0.465 e. The standard InChI is InChI=1S/C14H16Cl2N2O2.ClH/c15-10-3-9(4-11(16)6-10)5-12-14(7-17-12)1-2-18(8-14)13(19)20;/h3-4,6,12,17H,1-2,5,7-8H2,(H,19,20);1H. The fourth-order valence-corrected chi connectivity index (χ4v) is 3.85. The molecule has 2 aliphatic heterocycles. The van der Waals surface area contributed by atoms with Crippen molar-refractivity contribution in [1.82, 2.24) is 10.2 Å². The Bertz CT molecular complexity index is 535. The van der Waals surface area contributed by atoms with Crippen LogP contribution in [-0.4, -0.2) is 41.8 Å². The molecule has 0 saturated carbocycles. The molecule has 7 heteroatoms. The predicted octanol–water partition coefficient (Wildman–Crippen LogP) is 3.30. The van der Waals surface area contributed by atoms with E-state index >= 15 is 0 Å². The van der Waals surface area contributed by atoms with Gasteiger partial charge in [0.2, 0.25) is 0 Å². The van der Waals surface area contributed by atoms with E-state index in [0.717, 1.165) is 24.9 Å². The molecule has 2 aliphatic rings. The summed E-state index contributed by atoms with van der Waals surface area (Å²) in [5.74, 6) is 0. The molecule has 1 spiro atoms. The van der Waals surface area contributed by atoms with Crippen LogP contribution in [0.3, 0.4) is 0 Å². The van der Waals surface area contributed by atoms with E-state index in [1.54, 1.807) is 6.07 Å². The molecule has 4 nitrogen and oxygen atoms in total. The maximum atomic E-state index is 11.1. The average Bonchev–Trinajstić information content (AvgIpc) is 2.81. The lowest BCUT2D eigenvalue weighted by atomic mass is 9.70. The number of hydrogen-bond acceptors (Lipinski definition) is 2. The first-order valence-corrected chi connectivity index (χ1v) is 7.40. The van der Waals surface area contributed by atoms with Gasteiger partial charge in [-0.3, -0.25) is 0 Å². The average molecular weight is 352 g/mol. The van der Waals surface area contributed by atoms with Gasteiger partial charge in [-0.1, -0.05) is 23.2 Å². The highest BCUT2D eigenvalue weighted by Crippen LogP contribution is 2.41. The number of halogens is 3.